The first-order valence-corrected chi connectivity index (χ1v) is 7.53. The topological polar surface area (TPSA) is 54.9 Å². The van der Waals surface area contributed by atoms with E-state index in [1.165, 1.54) is 5.56 Å². The fourth-order valence-electron chi connectivity index (χ4n) is 2.37. The van der Waals surface area contributed by atoms with Gasteiger partial charge in [-0.05, 0) is 24.1 Å². The highest BCUT2D eigenvalue weighted by Gasteiger charge is 2.13. The molecule has 3 rings (SSSR count). The molecule has 1 amide bonds. The van der Waals surface area contributed by atoms with Crippen molar-refractivity contribution in [2.75, 3.05) is 6.54 Å². The van der Waals surface area contributed by atoms with E-state index >= 15 is 0 Å². The van der Waals surface area contributed by atoms with Crippen LogP contribution in [0.5, 0.6) is 0 Å². The number of hydrogen-bond donors (Lipinski definition) is 1. The molecule has 2 aromatic carbocycles. The van der Waals surface area contributed by atoms with Crippen molar-refractivity contribution < 1.29 is 4.79 Å². The van der Waals surface area contributed by atoms with E-state index < -0.39 is 0 Å². The molecule has 0 bridgehead atoms. The summed E-state index contributed by atoms with van der Waals surface area (Å²) < 4.78 is 0. The van der Waals surface area contributed by atoms with Crippen LogP contribution in [0.3, 0.4) is 0 Å². The Bertz CT molecular complexity index is 773. The van der Waals surface area contributed by atoms with Gasteiger partial charge in [0.05, 0.1) is 5.56 Å². The Labute approximate surface area is 135 Å². The summed E-state index contributed by atoms with van der Waals surface area (Å²) in [6.07, 6.45) is 4.15. The van der Waals surface area contributed by atoms with Crippen LogP contribution in [0.25, 0.3) is 11.4 Å². The van der Waals surface area contributed by atoms with E-state index in [9.17, 15) is 4.79 Å². The molecule has 0 spiro atoms. The van der Waals surface area contributed by atoms with Crippen LogP contribution in [0.2, 0.25) is 0 Å². The Hall–Kier alpha value is -3.01. The van der Waals surface area contributed by atoms with Gasteiger partial charge in [-0.1, -0.05) is 48.5 Å². The number of aromatic nitrogens is 2. The van der Waals surface area contributed by atoms with E-state index in [0.717, 1.165) is 12.0 Å². The molecule has 114 valence electrons. The van der Waals surface area contributed by atoms with E-state index in [1.807, 2.05) is 36.4 Å². The largest absolute Gasteiger partial charge is 0.352 e. The summed E-state index contributed by atoms with van der Waals surface area (Å²) in [6.45, 7) is 0.590. The number of carbonyl (C=O) groups excluding carboxylic acids is 1. The Balaban J connectivity index is 1.70. The minimum atomic E-state index is -0.107. The smallest absolute Gasteiger partial charge is 0.252 e. The minimum absolute atomic E-state index is 0.107. The van der Waals surface area contributed by atoms with Gasteiger partial charge in [0.15, 0.2) is 5.82 Å². The molecule has 4 nitrogen and oxygen atoms in total. The van der Waals surface area contributed by atoms with Crippen molar-refractivity contribution in [3.05, 3.63) is 84.2 Å². The first-order valence-electron chi connectivity index (χ1n) is 7.53. The summed E-state index contributed by atoms with van der Waals surface area (Å²) in [6, 6.07) is 19.2. The fraction of sp³-hybridized carbons (Fsp3) is 0.105. The van der Waals surface area contributed by atoms with Crippen LogP contribution in [-0.4, -0.2) is 22.4 Å². The van der Waals surface area contributed by atoms with E-state index in [0.29, 0.717) is 17.9 Å². The molecule has 0 aliphatic rings. The molecule has 0 saturated carbocycles. The monoisotopic (exact) mass is 303 g/mol. The molecule has 0 unspecified atom stereocenters. The number of carbonyl (C=O) groups is 1. The molecular formula is C19H17N3O. The lowest BCUT2D eigenvalue weighted by atomic mass is 10.1. The molecule has 0 aliphatic carbocycles. The van der Waals surface area contributed by atoms with E-state index in [1.54, 1.807) is 24.5 Å². The summed E-state index contributed by atoms with van der Waals surface area (Å²) in [7, 11) is 0. The highest BCUT2D eigenvalue weighted by Crippen LogP contribution is 2.19. The van der Waals surface area contributed by atoms with Gasteiger partial charge in [0.1, 0.15) is 0 Å². The Kier molecular flexibility index (Phi) is 4.74. The van der Waals surface area contributed by atoms with E-state index in [-0.39, 0.29) is 5.91 Å². The van der Waals surface area contributed by atoms with Gasteiger partial charge in [-0.25, -0.2) is 9.97 Å². The van der Waals surface area contributed by atoms with Crippen molar-refractivity contribution >= 4 is 5.91 Å². The first-order chi connectivity index (χ1) is 11.3. The molecule has 1 N–H and O–H groups in total. The summed E-state index contributed by atoms with van der Waals surface area (Å²) in [5, 5.41) is 2.96. The average Bonchev–Trinajstić information content (AvgIpc) is 2.63. The van der Waals surface area contributed by atoms with Crippen LogP contribution in [-0.2, 0) is 6.42 Å². The Morgan fingerprint density at radius 2 is 1.57 bits per heavy atom. The second kappa shape index (κ2) is 7.31. The molecule has 1 heterocycles. The average molecular weight is 303 g/mol. The van der Waals surface area contributed by atoms with Crippen LogP contribution in [0.1, 0.15) is 15.9 Å². The summed E-state index contributed by atoms with van der Waals surface area (Å²) in [4.78, 5) is 20.9. The SMILES string of the molecule is O=C(NCCc1ccccc1)c1ccccc1-c1ncccn1. The number of amides is 1. The zero-order chi connectivity index (χ0) is 15.9. The molecule has 23 heavy (non-hydrogen) atoms. The summed E-state index contributed by atoms with van der Waals surface area (Å²) in [5.41, 5.74) is 2.53. The van der Waals surface area contributed by atoms with Crippen LogP contribution in [0.4, 0.5) is 0 Å². The molecule has 4 heteroatoms. The molecule has 3 aromatic rings. The van der Waals surface area contributed by atoms with Gasteiger partial charge in [0.2, 0.25) is 0 Å². The zero-order valence-corrected chi connectivity index (χ0v) is 12.6. The lowest BCUT2D eigenvalue weighted by Gasteiger charge is -2.09. The van der Waals surface area contributed by atoms with Crippen LogP contribution >= 0.6 is 0 Å². The van der Waals surface area contributed by atoms with Crippen molar-refractivity contribution in [3.63, 3.8) is 0 Å². The van der Waals surface area contributed by atoms with Crippen molar-refractivity contribution in [1.29, 1.82) is 0 Å². The number of rotatable bonds is 5. The molecule has 0 radical (unpaired) electrons. The first kappa shape index (κ1) is 14.9. The van der Waals surface area contributed by atoms with Gasteiger partial charge in [0.25, 0.3) is 5.91 Å². The van der Waals surface area contributed by atoms with Crippen molar-refractivity contribution in [3.8, 4) is 11.4 Å². The third kappa shape index (κ3) is 3.80. The predicted molar refractivity (Wildman–Crippen MR) is 89.9 cm³/mol. The molecule has 0 saturated heterocycles. The van der Waals surface area contributed by atoms with Crippen molar-refractivity contribution in [1.82, 2.24) is 15.3 Å². The van der Waals surface area contributed by atoms with Gasteiger partial charge in [0, 0.05) is 24.5 Å². The minimum Gasteiger partial charge on any atom is -0.352 e. The molecule has 0 aliphatic heterocycles. The third-order valence-electron chi connectivity index (χ3n) is 3.52. The standard InChI is InChI=1S/C19H17N3O/c23-19(22-14-11-15-7-2-1-3-8-15)17-10-5-4-9-16(17)18-20-12-6-13-21-18/h1-10,12-13H,11,14H2,(H,22,23). The zero-order valence-electron chi connectivity index (χ0n) is 12.6. The van der Waals surface area contributed by atoms with Crippen molar-refractivity contribution in [2.24, 2.45) is 0 Å². The van der Waals surface area contributed by atoms with E-state index in [4.69, 9.17) is 0 Å². The number of nitrogens with one attached hydrogen (secondary N) is 1. The lowest BCUT2D eigenvalue weighted by molar-refractivity contribution is 0.0954. The highest BCUT2D eigenvalue weighted by molar-refractivity contribution is 6.00. The van der Waals surface area contributed by atoms with Gasteiger partial charge in [-0.2, -0.15) is 0 Å². The number of benzene rings is 2. The van der Waals surface area contributed by atoms with Crippen LogP contribution in [0, 0.1) is 0 Å². The predicted octanol–water partition coefficient (Wildman–Crippen LogP) is 3.12. The van der Waals surface area contributed by atoms with Gasteiger partial charge in [-0.15, -0.1) is 0 Å². The maximum absolute atomic E-state index is 12.5. The fourth-order valence-corrected chi connectivity index (χ4v) is 2.37. The van der Waals surface area contributed by atoms with Crippen LogP contribution < -0.4 is 5.32 Å². The highest BCUT2D eigenvalue weighted by atomic mass is 16.1. The van der Waals surface area contributed by atoms with Crippen LogP contribution in [0.15, 0.2) is 73.1 Å². The number of nitrogens with zero attached hydrogens (tertiary/aromatic N) is 2. The van der Waals surface area contributed by atoms with Crippen molar-refractivity contribution in [2.45, 2.75) is 6.42 Å². The normalized spacial score (nSPS) is 10.3. The summed E-state index contributed by atoms with van der Waals surface area (Å²) in [5.74, 6) is 0.449. The lowest BCUT2D eigenvalue weighted by Crippen LogP contribution is -2.26. The van der Waals surface area contributed by atoms with Gasteiger partial charge < -0.3 is 5.32 Å². The maximum atomic E-state index is 12.5. The maximum Gasteiger partial charge on any atom is 0.252 e. The molecule has 0 fully saturated rings. The second-order valence-corrected chi connectivity index (χ2v) is 5.11. The van der Waals surface area contributed by atoms with Gasteiger partial charge >= 0.3 is 0 Å². The quantitative estimate of drug-likeness (QED) is 0.788. The molecule has 1 aromatic heterocycles. The summed E-state index contributed by atoms with van der Waals surface area (Å²) >= 11 is 0. The third-order valence-corrected chi connectivity index (χ3v) is 3.52. The Morgan fingerprint density at radius 3 is 2.35 bits per heavy atom. The second-order valence-electron chi connectivity index (χ2n) is 5.11. The van der Waals surface area contributed by atoms with Gasteiger partial charge in [-0.3, -0.25) is 4.79 Å². The number of hydrogen-bond acceptors (Lipinski definition) is 3. The van der Waals surface area contributed by atoms with E-state index in [2.05, 4.69) is 27.4 Å². The Morgan fingerprint density at radius 1 is 0.870 bits per heavy atom. The molecule has 0 atom stereocenters. The molecular weight excluding hydrogens is 286 g/mol.